The van der Waals surface area contributed by atoms with Crippen LogP contribution in [0.1, 0.15) is 36.8 Å². The number of halogens is 2. The normalized spacial score (nSPS) is 12.5. The van der Waals surface area contributed by atoms with E-state index < -0.39 is 0 Å². The highest BCUT2D eigenvalue weighted by Gasteiger charge is 2.42. The Bertz CT molecular complexity index is 2090. The molecule has 0 fully saturated rings. The summed E-state index contributed by atoms with van der Waals surface area (Å²) in [7, 11) is 3.13. The van der Waals surface area contributed by atoms with Gasteiger partial charge in [-0.3, -0.25) is 0 Å². The summed E-state index contributed by atoms with van der Waals surface area (Å²) < 4.78 is 23.6. The van der Waals surface area contributed by atoms with E-state index in [0.29, 0.717) is 52.9 Å². The summed E-state index contributed by atoms with van der Waals surface area (Å²) in [5.41, 5.74) is 4.70. The standard InChI is InChI=1S/C65H112Br2O44/c1-68-13-17-72-76-21-25-80-84-29-33-88-92-37-41-96-100-45-49-104-108-53-55-110-106-51-47-102-98-43-39-94-90-35-31-86-82-27-23-78-74-19-15-70-11-3-9-65(63-57-59(66)5-7-61(63)62-8-6-60(67)58-64(62)65)10-4-12-71-16-20-75-79-24-28-83-87-32-36-91-95-40-44-99-103-48-52-107-111-56-54-109-105-50-46-101-97-42-38-93-89-34-30-85-81-26-22-77-73-18-14-69-2/h5-8,57-58H,3-4,9-56H2,1-2H3. The number of hydrogen-bond acceptors (Lipinski definition) is 44. The number of rotatable bonds is 94. The highest BCUT2D eigenvalue weighted by molar-refractivity contribution is 9.10. The van der Waals surface area contributed by atoms with Crippen molar-refractivity contribution >= 4 is 31.9 Å². The summed E-state index contributed by atoms with van der Waals surface area (Å²) >= 11 is 7.46. The molecule has 44 nitrogen and oxygen atoms in total. The van der Waals surface area contributed by atoms with Crippen molar-refractivity contribution in [3.05, 3.63) is 56.5 Å². The summed E-state index contributed by atoms with van der Waals surface area (Å²) in [6.07, 6.45) is 3.28. The maximum absolute atomic E-state index is 5.97. The lowest BCUT2D eigenvalue weighted by Gasteiger charge is -2.33. The molecule has 0 saturated heterocycles. The van der Waals surface area contributed by atoms with E-state index in [9.17, 15) is 0 Å². The molecule has 650 valence electrons. The van der Waals surface area contributed by atoms with Gasteiger partial charge in [-0.15, -0.1) is 0 Å². The third-order valence-electron chi connectivity index (χ3n) is 12.6. The minimum atomic E-state index is -0.276. The van der Waals surface area contributed by atoms with Crippen LogP contribution in [0, 0.1) is 0 Å². The Hall–Kier alpha value is -2.36. The van der Waals surface area contributed by atoms with Crippen molar-refractivity contribution in [2.75, 3.05) is 318 Å². The predicted molar refractivity (Wildman–Crippen MR) is 370 cm³/mol. The average molecular weight is 1760 g/mol. The van der Waals surface area contributed by atoms with Crippen LogP contribution < -0.4 is 0 Å². The van der Waals surface area contributed by atoms with Gasteiger partial charge in [0.1, 0.15) is 264 Å². The van der Waals surface area contributed by atoms with Gasteiger partial charge in [0.2, 0.25) is 0 Å². The zero-order chi connectivity index (χ0) is 78.7. The zero-order valence-corrected chi connectivity index (χ0v) is 66.2. The van der Waals surface area contributed by atoms with Crippen LogP contribution in [0.15, 0.2) is 45.3 Å². The van der Waals surface area contributed by atoms with Gasteiger partial charge in [-0.2, -0.15) is 0 Å². The molecule has 0 unspecified atom stereocenters. The van der Waals surface area contributed by atoms with Crippen molar-refractivity contribution < 1.29 is 214 Å². The molecular formula is C65H112Br2O44. The zero-order valence-electron chi connectivity index (χ0n) is 63.0. The number of methoxy groups -OCH3 is 2. The third kappa shape index (κ3) is 63.4. The van der Waals surface area contributed by atoms with Gasteiger partial charge in [0.25, 0.3) is 0 Å². The molecule has 0 spiro atoms. The predicted octanol–water partition coefficient (Wildman–Crippen LogP) is 5.33. The molecule has 111 heavy (non-hydrogen) atoms. The van der Waals surface area contributed by atoms with Crippen LogP contribution in [0.5, 0.6) is 0 Å². The van der Waals surface area contributed by atoms with Gasteiger partial charge in [0.05, 0.1) is 26.4 Å². The number of ether oxygens (including phenoxy) is 4. The van der Waals surface area contributed by atoms with Crippen LogP contribution in [-0.2, 0) is 220 Å². The van der Waals surface area contributed by atoms with Crippen molar-refractivity contribution in [2.45, 2.75) is 31.1 Å². The minimum Gasteiger partial charge on any atom is -0.382 e. The highest BCUT2D eigenvalue weighted by atomic mass is 79.9. The molecule has 2 aromatic rings. The summed E-state index contributed by atoms with van der Waals surface area (Å²) in [6, 6.07) is 13.0. The van der Waals surface area contributed by atoms with Gasteiger partial charge in [0, 0.05) is 41.8 Å². The number of hydrogen-bond donors (Lipinski definition) is 0. The Morgan fingerprint density at radius 3 is 0.486 bits per heavy atom. The van der Waals surface area contributed by atoms with Crippen LogP contribution in [-0.4, -0.2) is 318 Å². The van der Waals surface area contributed by atoms with E-state index in [4.69, 9.17) is 214 Å². The lowest BCUT2D eigenvalue weighted by molar-refractivity contribution is -0.379. The van der Waals surface area contributed by atoms with E-state index in [1.54, 1.807) is 14.2 Å². The molecule has 1 aliphatic rings. The monoisotopic (exact) mass is 1750 g/mol. The lowest BCUT2D eigenvalue weighted by Crippen LogP contribution is -2.27. The maximum atomic E-state index is 5.97. The highest BCUT2D eigenvalue weighted by Crippen LogP contribution is 2.55. The molecule has 0 aliphatic heterocycles. The van der Waals surface area contributed by atoms with Gasteiger partial charge in [-0.1, -0.05) is 44.0 Å². The topological polar surface area (TPSA) is 406 Å². The molecule has 0 amide bonds. The first-order chi connectivity index (χ1) is 55.1. The van der Waals surface area contributed by atoms with Gasteiger partial charge >= 0.3 is 0 Å². The van der Waals surface area contributed by atoms with E-state index in [1.807, 2.05) is 0 Å². The van der Waals surface area contributed by atoms with E-state index >= 15 is 0 Å². The van der Waals surface area contributed by atoms with Crippen LogP contribution in [0.2, 0.25) is 0 Å². The Balaban J connectivity index is 1.01. The molecule has 0 N–H and O–H groups in total. The maximum Gasteiger partial charge on any atom is 0.109 e. The molecule has 0 saturated carbocycles. The smallest absolute Gasteiger partial charge is 0.109 e. The molecule has 46 heteroatoms. The molecule has 0 aromatic heterocycles. The van der Waals surface area contributed by atoms with Gasteiger partial charge in [-0.05, 0) is 72.2 Å². The van der Waals surface area contributed by atoms with E-state index in [2.05, 4.69) is 68.3 Å². The van der Waals surface area contributed by atoms with Crippen molar-refractivity contribution in [2.24, 2.45) is 0 Å². The molecule has 0 atom stereocenters. The van der Waals surface area contributed by atoms with Crippen LogP contribution in [0.4, 0.5) is 0 Å². The second-order valence-electron chi connectivity index (χ2n) is 20.8. The second kappa shape index (κ2) is 82.7. The molecule has 2 aromatic carbocycles. The van der Waals surface area contributed by atoms with E-state index in [0.717, 1.165) is 34.6 Å². The minimum absolute atomic E-state index is 0.0970. The van der Waals surface area contributed by atoms with Gasteiger partial charge in [0.15, 0.2) is 0 Å². The van der Waals surface area contributed by atoms with Crippen molar-refractivity contribution in [1.82, 2.24) is 0 Å². The Morgan fingerprint density at radius 2 is 0.333 bits per heavy atom. The van der Waals surface area contributed by atoms with Crippen LogP contribution in [0.25, 0.3) is 11.1 Å². The molecular weight excluding hydrogens is 1640 g/mol. The molecule has 0 radical (unpaired) electrons. The second-order valence-corrected chi connectivity index (χ2v) is 22.6. The summed E-state index contributed by atoms with van der Waals surface area (Å²) in [5, 5.41) is 0. The summed E-state index contributed by atoms with van der Waals surface area (Å²) in [5.74, 6) is 0. The Labute approximate surface area is 660 Å². The van der Waals surface area contributed by atoms with Crippen molar-refractivity contribution in [3.63, 3.8) is 0 Å². The van der Waals surface area contributed by atoms with Gasteiger partial charge < -0.3 is 18.9 Å². The molecule has 1 aliphatic carbocycles. The SMILES string of the molecule is COCCOOCCOOCCOOCCOOCCOOCCOOCCOOCCOOCCOOCCOOCCOCCCC1(CCCOCCOOCCOOCCOOCCOOCCOOCCOOCCOOCCOOCCOOCCOOCCOC)c2cc(Br)ccc2-c2ccc(Br)cc21. The van der Waals surface area contributed by atoms with Gasteiger partial charge in [-0.25, -0.2) is 196 Å². The quantitative estimate of drug-likeness (QED) is 0.0459. The first kappa shape index (κ1) is 103. The summed E-state index contributed by atoms with van der Waals surface area (Å²) in [6.45, 7) is 8.05. The largest absolute Gasteiger partial charge is 0.382 e. The van der Waals surface area contributed by atoms with Crippen LogP contribution in [0.3, 0.4) is 0 Å². The van der Waals surface area contributed by atoms with Crippen LogP contribution >= 0.6 is 31.9 Å². The fraction of sp³-hybridized carbons (Fsp3) is 0.815. The first-order valence-corrected chi connectivity index (χ1v) is 37.3. The van der Waals surface area contributed by atoms with Crippen molar-refractivity contribution in [1.29, 1.82) is 0 Å². The van der Waals surface area contributed by atoms with Crippen molar-refractivity contribution in [3.8, 4) is 11.1 Å². The average Bonchev–Trinajstić information content (AvgIpc) is 1.57. The van der Waals surface area contributed by atoms with E-state index in [1.165, 1.54) is 22.3 Å². The number of benzene rings is 2. The summed E-state index contributed by atoms with van der Waals surface area (Å²) in [4.78, 5) is 199. The Kier molecular flexibility index (Phi) is 76.6. The first-order valence-electron chi connectivity index (χ1n) is 35.7. The molecule has 0 bridgehead atoms. The number of fused-ring (bicyclic) bond motifs is 3. The fourth-order valence-corrected chi connectivity index (χ4v) is 8.98. The Morgan fingerprint density at radius 1 is 0.189 bits per heavy atom. The fourth-order valence-electron chi connectivity index (χ4n) is 8.26. The van der Waals surface area contributed by atoms with E-state index in [-0.39, 0.29) is 256 Å². The molecule has 0 heterocycles. The molecule has 3 rings (SSSR count). The lowest BCUT2D eigenvalue weighted by atomic mass is 9.71. The third-order valence-corrected chi connectivity index (χ3v) is 13.6.